The lowest BCUT2D eigenvalue weighted by Gasteiger charge is -2.33. The lowest BCUT2D eigenvalue weighted by atomic mass is 9.97. The smallest absolute Gasteiger partial charge is 0.222 e. The number of primary amides is 1. The summed E-state index contributed by atoms with van der Waals surface area (Å²) in [5.74, 6) is 1.29. The molecule has 30 heavy (non-hydrogen) atoms. The molecule has 1 aromatic carbocycles. The molecule has 160 valence electrons. The molecule has 4 N–H and O–H groups in total. The van der Waals surface area contributed by atoms with Crippen LogP contribution in [0.4, 0.5) is 5.82 Å². The zero-order chi connectivity index (χ0) is 21.3. The zero-order valence-corrected chi connectivity index (χ0v) is 17.8. The highest BCUT2D eigenvalue weighted by Gasteiger charge is 2.25. The van der Waals surface area contributed by atoms with Crippen LogP contribution < -0.4 is 21.3 Å². The van der Waals surface area contributed by atoms with Crippen LogP contribution in [0.25, 0.3) is 0 Å². The van der Waals surface area contributed by atoms with Crippen LogP contribution in [0.1, 0.15) is 43.9 Å². The maximum Gasteiger partial charge on any atom is 0.222 e. The minimum atomic E-state index is -0.233. The Balaban J connectivity index is 1.74. The van der Waals surface area contributed by atoms with Gasteiger partial charge in [0.25, 0.3) is 0 Å². The van der Waals surface area contributed by atoms with Crippen LogP contribution in [0.5, 0.6) is 0 Å². The molecular formula is C23H32N6O. The van der Waals surface area contributed by atoms with E-state index in [9.17, 15) is 4.79 Å². The molecule has 1 saturated heterocycles. The first-order chi connectivity index (χ1) is 14.6. The van der Waals surface area contributed by atoms with Crippen LogP contribution in [0, 0.1) is 5.92 Å². The molecule has 0 bridgehead atoms. The van der Waals surface area contributed by atoms with Gasteiger partial charge in [-0.1, -0.05) is 36.4 Å². The van der Waals surface area contributed by atoms with Gasteiger partial charge in [0.15, 0.2) is 5.96 Å². The quantitative estimate of drug-likeness (QED) is 0.483. The Bertz CT molecular complexity index is 854. The summed E-state index contributed by atoms with van der Waals surface area (Å²) in [6.45, 7) is 6.94. The molecule has 1 aromatic heterocycles. The second-order valence-corrected chi connectivity index (χ2v) is 7.65. The molecule has 7 nitrogen and oxygen atoms in total. The summed E-state index contributed by atoms with van der Waals surface area (Å²) in [4.78, 5) is 23.2. The Morgan fingerprint density at radius 1 is 1.30 bits per heavy atom. The molecule has 0 spiro atoms. The van der Waals surface area contributed by atoms with E-state index in [0.717, 1.165) is 43.3 Å². The van der Waals surface area contributed by atoms with Gasteiger partial charge in [-0.05, 0) is 38.3 Å². The predicted molar refractivity (Wildman–Crippen MR) is 121 cm³/mol. The fourth-order valence-corrected chi connectivity index (χ4v) is 3.75. The molecule has 0 radical (unpaired) electrons. The molecule has 1 fully saturated rings. The number of nitrogens with zero attached hydrogens (tertiary/aromatic N) is 3. The second kappa shape index (κ2) is 10.6. The summed E-state index contributed by atoms with van der Waals surface area (Å²) >= 11 is 0. The van der Waals surface area contributed by atoms with Crippen molar-refractivity contribution < 1.29 is 4.79 Å². The number of aliphatic imine (C=N–C) groups is 1. The van der Waals surface area contributed by atoms with Crippen molar-refractivity contribution in [3.8, 4) is 0 Å². The van der Waals surface area contributed by atoms with Crippen LogP contribution >= 0.6 is 0 Å². The summed E-state index contributed by atoms with van der Waals surface area (Å²) in [5, 5.41) is 6.79. The molecule has 1 aliphatic heterocycles. The normalized spacial score (nSPS) is 18.0. The average Bonchev–Trinajstić information content (AvgIpc) is 2.78. The number of hydrogen-bond acceptors (Lipinski definition) is 4. The number of nitrogens with one attached hydrogen (secondary N) is 2. The van der Waals surface area contributed by atoms with E-state index in [0.29, 0.717) is 13.1 Å². The number of benzene rings is 1. The first-order valence-corrected chi connectivity index (χ1v) is 10.7. The third-order valence-electron chi connectivity index (χ3n) is 5.40. The number of pyridine rings is 1. The standard InChI is InChI=1S/C23H32N6O/c1-3-25-23(28-17(2)18-9-5-4-6-10-18)27-15-19-11-7-13-26-22(19)29-14-8-12-20(16-29)21(24)30/h4-7,9-11,13,17,20H,3,8,12,14-16H2,1-2H3,(H2,24,30)(H2,25,27,28). The van der Waals surface area contributed by atoms with Gasteiger partial charge in [-0.2, -0.15) is 0 Å². The Hall–Kier alpha value is -3.09. The van der Waals surface area contributed by atoms with E-state index in [-0.39, 0.29) is 17.9 Å². The molecule has 7 heteroatoms. The van der Waals surface area contributed by atoms with Crippen molar-refractivity contribution in [2.75, 3.05) is 24.5 Å². The summed E-state index contributed by atoms with van der Waals surface area (Å²) in [5.41, 5.74) is 7.79. The Morgan fingerprint density at radius 2 is 2.10 bits per heavy atom. The third-order valence-corrected chi connectivity index (χ3v) is 5.40. The molecule has 0 saturated carbocycles. The van der Waals surface area contributed by atoms with Gasteiger partial charge in [0.2, 0.25) is 5.91 Å². The van der Waals surface area contributed by atoms with Crippen LogP contribution in [-0.4, -0.2) is 36.5 Å². The van der Waals surface area contributed by atoms with E-state index >= 15 is 0 Å². The number of amides is 1. The number of rotatable bonds is 7. The van der Waals surface area contributed by atoms with Crippen molar-refractivity contribution in [2.45, 2.75) is 39.3 Å². The lowest BCUT2D eigenvalue weighted by Crippen LogP contribution is -2.42. The Kier molecular flexibility index (Phi) is 7.65. The van der Waals surface area contributed by atoms with Gasteiger partial charge in [-0.15, -0.1) is 0 Å². The van der Waals surface area contributed by atoms with Gasteiger partial charge in [-0.3, -0.25) is 4.79 Å². The fourth-order valence-electron chi connectivity index (χ4n) is 3.75. The average molecular weight is 409 g/mol. The fraction of sp³-hybridized carbons (Fsp3) is 0.435. The molecule has 2 heterocycles. The van der Waals surface area contributed by atoms with Crippen molar-refractivity contribution >= 4 is 17.7 Å². The maximum absolute atomic E-state index is 11.7. The summed E-state index contributed by atoms with van der Waals surface area (Å²) in [7, 11) is 0. The van der Waals surface area contributed by atoms with E-state index in [4.69, 9.17) is 10.7 Å². The lowest BCUT2D eigenvalue weighted by molar-refractivity contribution is -0.122. The van der Waals surface area contributed by atoms with Gasteiger partial charge >= 0.3 is 0 Å². The van der Waals surface area contributed by atoms with Gasteiger partial charge in [0, 0.05) is 31.4 Å². The highest BCUT2D eigenvalue weighted by atomic mass is 16.1. The number of nitrogens with two attached hydrogens (primary N) is 1. The molecule has 0 aliphatic carbocycles. The number of guanidine groups is 1. The summed E-state index contributed by atoms with van der Waals surface area (Å²) in [6.07, 6.45) is 3.57. The van der Waals surface area contributed by atoms with E-state index in [1.165, 1.54) is 5.56 Å². The Labute approximate surface area is 178 Å². The number of anilines is 1. The molecule has 2 atom stereocenters. The van der Waals surface area contributed by atoms with Crippen molar-refractivity contribution in [1.82, 2.24) is 15.6 Å². The summed E-state index contributed by atoms with van der Waals surface area (Å²) < 4.78 is 0. The van der Waals surface area contributed by atoms with Gasteiger partial charge in [0.1, 0.15) is 5.82 Å². The minimum absolute atomic E-state index is 0.122. The topological polar surface area (TPSA) is 95.6 Å². The van der Waals surface area contributed by atoms with Crippen LogP contribution in [0.15, 0.2) is 53.7 Å². The molecular weight excluding hydrogens is 376 g/mol. The largest absolute Gasteiger partial charge is 0.369 e. The third kappa shape index (κ3) is 5.72. The Morgan fingerprint density at radius 3 is 2.83 bits per heavy atom. The zero-order valence-electron chi connectivity index (χ0n) is 17.8. The first kappa shape index (κ1) is 21.6. The van der Waals surface area contributed by atoms with E-state index in [1.807, 2.05) is 30.3 Å². The minimum Gasteiger partial charge on any atom is -0.369 e. The van der Waals surface area contributed by atoms with Crippen LogP contribution in [0.2, 0.25) is 0 Å². The SMILES string of the molecule is CCNC(=NCc1cccnc1N1CCCC(C(N)=O)C1)NC(C)c1ccccc1. The van der Waals surface area contributed by atoms with E-state index in [2.05, 4.69) is 46.5 Å². The summed E-state index contributed by atoms with van der Waals surface area (Å²) in [6, 6.07) is 14.4. The number of hydrogen-bond donors (Lipinski definition) is 3. The highest BCUT2D eigenvalue weighted by Crippen LogP contribution is 2.25. The monoisotopic (exact) mass is 408 g/mol. The molecule has 2 unspecified atom stereocenters. The first-order valence-electron chi connectivity index (χ1n) is 10.7. The van der Waals surface area contributed by atoms with Crippen molar-refractivity contribution in [1.29, 1.82) is 0 Å². The number of piperidine rings is 1. The molecule has 1 amide bonds. The van der Waals surface area contributed by atoms with Crippen LogP contribution in [0.3, 0.4) is 0 Å². The number of carbonyl (C=O) groups excluding carboxylic acids is 1. The molecule has 1 aliphatic rings. The molecule has 3 rings (SSSR count). The van der Waals surface area contributed by atoms with Crippen LogP contribution in [-0.2, 0) is 11.3 Å². The number of carbonyl (C=O) groups is 1. The number of aromatic nitrogens is 1. The van der Waals surface area contributed by atoms with Crippen molar-refractivity contribution in [2.24, 2.45) is 16.6 Å². The highest BCUT2D eigenvalue weighted by molar-refractivity contribution is 5.80. The van der Waals surface area contributed by atoms with E-state index < -0.39 is 0 Å². The van der Waals surface area contributed by atoms with Crippen molar-refractivity contribution in [3.63, 3.8) is 0 Å². The van der Waals surface area contributed by atoms with Gasteiger partial charge < -0.3 is 21.3 Å². The van der Waals surface area contributed by atoms with Gasteiger partial charge in [-0.25, -0.2) is 9.98 Å². The van der Waals surface area contributed by atoms with Gasteiger partial charge in [0.05, 0.1) is 18.5 Å². The molecule has 2 aromatic rings. The van der Waals surface area contributed by atoms with E-state index in [1.54, 1.807) is 6.20 Å². The van der Waals surface area contributed by atoms with Crippen molar-refractivity contribution in [3.05, 3.63) is 59.8 Å². The maximum atomic E-state index is 11.7. The second-order valence-electron chi connectivity index (χ2n) is 7.65. The predicted octanol–water partition coefficient (Wildman–Crippen LogP) is 2.60.